The standard InChI is InChI=1S/C19H22ClN3O2S/c1-22(2)13-14-26(24,25)18-6-3-5-17(15-7-9-16(20)10-8-15)19(18)23-12-4-11-21-23/h3,5-11H,4,12-14H2,1-2H3. The third kappa shape index (κ3) is 4.09. The molecule has 138 valence electrons. The first kappa shape index (κ1) is 18.9. The Morgan fingerprint density at radius 2 is 1.88 bits per heavy atom. The normalized spacial score (nSPS) is 14.4. The third-order valence-corrected chi connectivity index (χ3v) is 6.22. The summed E-state index contributed by atoms with van der Waals surface area (Å²) in [5.41, 5.74) is 2.39. The second kappa shape index (κ2) is 7.78. The van der Waals surface area contributed by atoms with Crippen LogP contribution in [0.5, 0.6) is 0 Å². The fraction of sp³-hybridized carbons (Fsp3) is 0.316. The van der Waals surface area contributed by atoms with Crippen molar-refractivity contribution in [3.05, 3.63) is 47.5 Å². The Hall–Kier alpha value is -1.89. The van der Waals surface area contributed by atoms with E-state index < -0.39 is 9.84 Å². The Kier molecular flexibility index (Phi) is 5.65. The summed E-state index contributed by atoms with van der Waals surface area (Å²) in [7, 11) is 0.287. The first-order valence-electron chi connectivity index (χ1n) is 8.45. The van der Waals surface area contributed by atoms with Gasteiger partial charge in [0, 0.05) is 36.3 Å². The lowest BCUT2D eigenvalue weighted by atomic mass is 10.0. The average molecular weight is 392 g/mol. The maximum atomic E-state index is 13.0. The molecular weight excluding hydrogens is 370 g/mol. The number of benzene rings is 2. The molecule has 1 aliphatic heterocycles. The van der Waals surface area contributed by atoms with Gasteiger partial charge in [-0.3, -0.25) is 5.01 Å². The van der Waals surface area contributed by atoms with Crippen molar-refractivity contribution in [1.82, 2.24) is 4.90 Å². The first-order valence-corrected chi connectivity index (χ1v) is 10.5. The maximum absolute atomic E-state index is 13.0. The van der Waals surface area contributed by atoms with E-state index >= 15 is 0 Å². The first-order chi connectivity index (χ1) is 12.4. The summed E-state index contributed by atoms with van der Waals surface area (Å²) in [5, 5.41) is 6.81. The molecule has 0 fully saturated rings. The Morgan fingerprint density at radius 3 is 2.50 bits per heavy atom. The summed E-state index contributed by atoms with van der Waals surface area (Å²) in [4.78, 5) is 2.19. The number of hydrazone groups is 1. The molecule has 0 aliphatic carbocycles. The highest BCUT2D eigenvalue weighted by atomic mass is 35.5. The SMILES string of the molecule is CN(C)CCS(=O)(=O)c1cccc(-c2ccc(Cl)cc2)c1N1CCC=N1. The van der Waals surface area contributed by atoms with Crippen LogP contribution in [0.2, 0.25) is 5.02 Å². The molecule has 26 heavy (non-hydrogen) atoms. The molecule has 2 aromatic rings. The molecule has 3 rings (SSSR count). The van der Waals surface area contributed by atoms with Crippen molar-refractivity contribution >= 4 is 33.3 Å². The van der Waals surface area contributed by atoms with E-state index in [0.29, 0.717) is 28.7 Å². The quantitative estimate of drug-likeness (QED) is 0.755. The van der Waals surface area contributed by atoms with Crippen molar-refractivity contribution in [3.8, 4) is 11.1 Å². The molecule has 0 unspecified atom stereocenters. The molecule has 0 atom stereocenters. The molecule has 0 saturated heterocycles. The van der Waals surface area contributed by atoms with E-state index in [0.717, 1.165) is 17.5 Å². The Balaban J connectivity index is 2.14. The van der Waals surface area contributed by atoms with E-state index in [1.165, 1.54) is 0 Å². The van der Waals surface area contributed by atoms with E-state index in [2.05, 4.69) is 5.10 Å². The summed E-state index contributed by atoms with van der Waals surface area (Å²) in [6, 6.07) is 12.8. The van der Waals surface area contributed by atoms with Crippen LogP contribution in [0.1, 0.15) is 6.42 Å². The smallest absolute Gasteiger partial charge is 0.181 e. The monoisotopic (exact) mass is 391 g/mol. The largest absolute Gasteiger partial charge is 0.308 e. The predicted molar refractivity (Wildman–Crippen MR) is 108 cm³/mol. The molecule has 0 spiro atoms. The summed E-state index contributed by atoms with van der Waals surface area (Å²) in [5.74, 6) is 0.0641. The number of para-hydroxylation sites is 1. The number of hydrogen-bond acceptors (Lipinski definition) is 5. The van der Waals surface area contributed by atoms with Crippen molar-refractivity contribution in [2.75, 3.05) is 37.9 Å². The van der Waals surface area contributed by atoms with Gasteiger partial charge in [-0.1, -0.05) is 35.9 Å². The van der Waals surface area contributed by atoms with Gasteiger partial charge < -0.3 is 4.90 Å². The molecule has 0 saturated carbocycles. The van der Waals surface area contributed by atoms with Gasteiger partial charge in [0.2, 0.25) is 0 Å². The Labute approximate surface area is 159 Å². The number of halogens is 1. The molecule has 1 aliphatic rings. The van der Waals surface area contributed by atoms with Crippen LogP contribution in [-0.2, 0) is 9.84 Å². The van der Waals surface area contributed by atoms with Gasteiger partial charge in [-0.2, -0.15) is 5.10 Å². The Bertz CT molecular complexity index is 909. The van der Waals surface area contributed by atoms with Gasteiger partial charge in [-0.25, -0.2) is 8.42 Å². The topological polar surface area (TPSA) is 53.0 Å². The lowest BCUT2D eigenvalue weighted by Crippen LogP contribution is -2.24. The van der Waals surface area contributed by atoms with Crippen LogP contribution in [0, 0.1) is 0 Å². The molecule has 2 aromatic carbocycles. The van der Waals surface area contributed by atoms with Gasteiger partial charge in [-0.15, -0.1) is 0 Å². The van der Waals surface area contributed by atoms with Crippen LogP contribution in [0.25, 0.3) is 11.1 Å². The van der Waals surface area contributed by atoms with Crippen molar-refractivity contribution in [2.45, 2.75) is 11.3 Å². The van der Waals surface area contributed by atoms with Crippen LogP contribution in [0.15, 0.2) is 52.5 Å². The van der Waals surface area contributed by atoms with Crippen LogP contribution in [0.4, 0.5) is 5.69 Å². The number of rotatable bonds is 6. The molecular formula is C19H22ClN3O2S. The maximum Gasteiger partial charge on any atom is 0.181 e. The van der Waals surface area contributed by atoms with Crippen LogP contribution < -0.4 is 5.01 Å². The summed E-state index contributed by atoms with van der Waals surface area (Å²) in [6.45, 7) is 1.14. The molecule has 0 aromatic heterocycles. The number of anilines is 1. The number of hydrogen-bond donors (Lipinski definition) is 0. The fourth-order valence-electron chi connectivity index (χ4n) is 2.88. The van der Waals surface area contributed by atoms with Crippen LogP contribution >= 0.6 is 11.6 Å². The second-order valence-corrected chi connectivity index (χ2v) is 9.01. The molecule has 7 heteroatoms. The zero-order chi connectivity index (χ0) is 18.7. The molecule has 0 radical (unpaired) electrons. The highest BCUT2D eigenvalue weighted by Gasteiger charge is 2.26. The number of nitrogens with zero attached hydrogens (tertiary/aromatic N) is 3. The van der Waals surface area contributed by atoms with E-state index in [1.807, 2.05) is 43.4 Å². The van der Waals surface area contributed by atoms with E-state index in [1.54, 1.807) is 29.3 Å². The fourth-order valence-corrected chi connectivity index (χ4v) is 4.63. The minimum absolute atomic E-state index is 0.0641. The lowest BCUT2D eigenvalue weighted by Gasteiger charge is -2.22. The van der Waals surface area contributed by atoms with E-state index in [-0.39, 0.29) is 5.75 Å². The zero-order valence-electron chi connectivity index (χ0n) is 14.9. The minimum Gasteiger partial charge on any atom is -0.308 e. The van der Waals surface area contributed by atoms with Gasteiger partial charge in [0.1, 0.15) is 0 Å². The molecule has 0 bridgehead atoms. The average Bonchev–Trinajstić information content (AvgIpc) is 3.14. The van der Waals surface area contributed by atoms with Gasteiger partial charge >= 0.3 is 0 Å². The zero-order valence-corrected chi connectivity index (χ0v) is 16.5. The van der Waals surface area contributed by atoms with Gasteiger partial charge in [0.25, 0.3) is 0 Å². The van der Waals surface area contributed by atoms with Crippen molar-refractivity contribution in [2.24, 2.45) is 5.10 Å². The lowest BCUT2D eigenvalue weighted by molar-refractivity contribution is 0.432. The predicted octanol–water partition coefficient (Wildman–Crippen LogP) is 3.54. The summed E-state index contributed by atoms with van der Waals surface area (Å²) < 4.78 is 26.1. The third-order valence-electron chi connectivity index (χ3n) is 4.25. The van der Waals surface area contributed by atoms with Crippen LogP contribution in [-0.4, -0.2) is 52.5 Å². The van der Waals surface area contributed by atoms with Gasteiger partial charge in [0.05, 0.1) is 16.3 Å². The minimum atomic E-state index is -3.45. The highest BCUT2D eigenvalue weighted by Crippen LogP contribution is 2.38. The van der Waals surface area contributed by atoms with Crippen LogP contribution in [0.3, 0.4) is 0 Å². The highest BCUT2D eigenvalue weighted by molar-refractivity contribution is 7.91. The van der Waals surface area contributed by atoms with Gasteiger partial charge in [-0.05, 0) is 37.9 Å². The van der Waals surface area contributed by atoms with Crippen molar-refractivity contribution in [1.29, 1.82) is 0 Å². The van der Waals surface area contributed by atoms with E-state index in [9.17, 15) is 8.42 Å². The van der Waals surface area contributed by atoms with Gasteiger partial charge in [0.15, 0.2) is 9.84 Å². The molecule has 5 nitrogen and oxygen atoms in total. The van der Waals surface area contributed by atoms with E-state index in [4.69, 9.17) is 11.6 Å². The molecule has 0 amide bonds. The van der Waals surface area contributed by atoms with Crippen molar-refractivity contribution < 1.29 is 8.42 Å². The summed E-state index contributed by atoms with van der Waals surface area (Å²) in [6.07, 6.45) is 2.61. The Morgan fingerprint density at radius 1 is 1.15 bits per heavy atom. The molecule has 1 heterocycles. The second-order valence-electron chi connectivity index (χ2n) is 6.49. The number of sulfone groups is 1. The van der Waals surface area contributed by atoms with Crippen molar-refractivity contribution in [3.63, 3.8) is 0 Å². The molecule has 0 N–H and O–H groups in total. The summed E-state index contributed by atoms with van der Waals surface area (Å²) >= 11 is 6.01.